The molecule has 4 nitrogen and oxygen atoms in total. The second kappa shape index (κ2) is 7.56. The summed E-state index contributed by atoms with van der Waals surface area (Å²) in [4.78, 5) is 11.3. The minimum Gasteiger partial charge on any atom is -0.496 e. The highest BCUT2D eigenvalue weighted by molar-refractivity contribution is 6.34. The fourth-order valence-corrected chi connectivity index (χ4v) is 3.97. The third-order valence-electron chi connectivity index (χ3n) is 4.97. The second-order valence-electron chi connectivity index (χ2n) is 6.64. The number of hydrogen-bond donors (Lipinski definition) is 1. The van der Waals surface area contributed by atoms with Gasteiger partial charge < -0.3 is 14.6 Å². The monoisotopic (exact) mass is 394 g/mol. The van der Waals surface area contributed by atoms with Gasteiger partial charge in [-0.2, -0.15) is 0 Å². The molecule has 4 rings (SSSR count). The van der Waals surface area contributed by atoms with E-state index in [4.69, 9.17) is 21.1 Å². The maximum Gasteiger partial charge on any atom is 0.308 e. The van der Waals surface area contributed by atoms with Gasteiger partial charge in [0.2, 0.25) is 0 Å². The molecule has 28 heavy (non-hydrogen) atoms. The SMILES string of the molecule is COc1ccc(-c2ccccc2-c2ccc3c(c2)CCO3)c(Cl)c1CC(=O)O. The fourth-order valence-electron chi connectivity index (χ4n) is 3.64. The Bertz CT molecular complexity index is 1060. The Hall–Kier alpha value is -2.98. The number of ether oxygens (including phenoxy) is 2. The van der Waals surface area contributed by atoms with Gasteiger partial charge in [-0.05, 0) is 46.5 Å². The Morgan fingerprint density at radius 3 is 2.64 bits per heavy atom. The zero-order valence-corrected chi connectivity index (χ0v) is 16.1. The molecule has 0 atom stereocenters. The van der Waals surface area contributed by atoms with Crippen LogP contribution in [0.2, 0.25) is 5.02 Å². The van der Waals surface area contributed by atoms with Crippen LogP contribution in [0.1, 0.15) is 11.1 Å². The summed E-state index contributed by atoms with van der Waals surface area (Å²) in [6.07, 6.45) is 0.700. The van der Waals surface area contributed by atoms with E-state index >= 15 is 0 Å². The van der Waals surface area contributed by atoms with Gasteiger partial charge in [0.25, 0.3) is 0 Å². The molecule has 3 aromatic rings. The fraction of sp³-hybridized carbons (Fsp3) is 0.174. The van der Waals surface area contributed by atoms with E-state index in [0.717, 1.165) is 34.4 Å². The summed E-state index contributed by atoms with van der Waals surface area (Å²) in [5.41, 5.74) is 5.51. The maximum absolute atomic E-state index is 11.3. The highest BCUT2D eigenvalue weighted by Crippen LogP contribution is 2.41. The van der Waals surface area contributed by atoms with Gasteiger partial charge in [0.15, 0.2) is 0 Å². The number of carbonyl (C=O) groups is 1. The van der Waals surface area contributed by atoms with E-state index in [1.54, 1.807) is 6.07 Å². The van der Waals surface area contributed by atoms with E-state index in [9.17, 15) is 9.90 Å². The van der Waals surface area contributed by atoms with E-state index in [-0.39, 0.29) is 6.42 Å². The van der Waals surface area contributed by atoms with Crippen molar-refractivity contribution in [3.8, 4) is 33.8 Å². The lowest BCUT2D eigenvalue weighted by Gasteiger charge is -2.16. The van der Waals surface area contributed by atoms with Gasteiger partial charge in [-0.3, -0.25) is 4.79 Å². The summed E-state index contributed by atoms with van der Waals surface area (Å²) in [6, 6.07) is 17.8. The third kappa shape index (κ3) is 3.32. The van der Waals surface area contributed by atoms with Gasteiger partial charge in [0.1, 0.15) is 11.5 Å². The molecule has 142 valence electrons. The molecule has 0 radical (unpaired) electrons. The van der Waals surface area contributed by atoms with Crippen molar-refractivity contribution in [2.45, 2.75) is 12.8 Å². The molecule has 1 heterocycles. The predicted octanol–water partition coefficient (Wildman–Crippen LogP) is 5.24. The molecule has 3 aromatic carbocycles. The molecule has 1 aliphatic rings. The third-order valence-corrected chi connectivity index (χ3v) is 5.40. The van der Waals surface area contributed by atoms with Crippen LogP contribution < -0.4 is 9.47 Å². The second-order valence-corrected chi connectivity index (χ2v) is 7.02. The number of hydrogen-bond acceptors (Lipinski definition) is 3. The van der Waals surface area contributed by atoms with Crippen molar-refractivity contribution < 1.29 is 19.4 Å². The Morgan fingerprint density at radius 2 is 1.89 bits per heavy atom. The Balaban J connectivity index is 1.86. The molecular formula is C23H19ClO4. The molecule has 0 saturated heterocycles. The lowest BCUT2D eigenvalue weighted by Crippen LogP contribution is -2.04. The van der Waals surface area contributed by atoms with Gasteiger partial charge in [-0.1, -0.05) is 41.9 Å². The van der Waals surface area contributed by atoms with E-state index in [2.05, 4.69) is 6.07 Å². The molecule has 0 aromatic heterocycles. The number of rotatable bonds is 5. The van der Waals surface area contributed by atoms with E-state index in [0.29, 0.717) is 22.9 Å². The van der Waals surface area contributed by atoms with Gasteiger partial charge >= 0.3 is 5.97 Å². The standard InChI is InChI=1S/C23H19ClO4/c1-27-21-9-7-18(23(24)19(21)13-22(25)26)17-5-3-2-4-16(17)14-6-8-20-15(12-14)10-11-28-20/h2-9,12H,10-11,13H2,1H3,(H,25,26). The van der Waals surface area contributed by atoms with Crippen LogP contribution >= 0.6 is 11.6 Å². The first-order valence-electron chi connectivity index (χ1n) is 9.01. The summed E-state index contributed by atoms with van der Waals surface area (Å²) in [5, 5.41) is 9.67. The molecule has 0 fully saturated rings. The average Bonchev–Trinajstić information content (AvgIpc) is 3.17. The topological polar surface area (TPSA) is 55.8 Å². The van der Waals surface area contributed by atoms with Crippen LogP contribution in [0.3, 0.4) is 0 Å². The number of carboxylic acid groups (broad SMARTS) is 1. The van der Waals surface area contributed by atoms with Crippen molar-refractivity contribution in [1.29, 1.82) is 0 Å². The van der Waals surface area contributed by atoms with E-state index in [1.165, 1.54) is 12.7 Å². The van der Waals surface area contributed by atoms with Crippen LogP contribution in [0.5, 0.6) is 11.5 Å². The molecule has 1 N–H and O–H groups in total. The van der Waals surface area contributed by atoms with Crippen LogP contribution in [-0.4, -0.2) is 24.8 Å². The first-order valence-corrected chi connectivity index (χ1v) is 9.39. The lowest BCUT2D eigenvalue weighted by atomic mass is 9.92. The van der Waals surface area contributed by atoms with Crippen LogP contribution in [0.25, 0.3) is 22.3 Å². The number of aliphatic carboxylic acids is 1. The Morgan fingerprint density at radius 1 is 1.11 bits per heavy atom. The maximum atomic E-state index is 11.3. The van der Waals surface area contributed by atoms with Crippen molar-refractivity contribution in [2.24, 2.45) is 0 Å². The summed E-state index contributed by atoms with van der Waals surface area (Å²) < 4.78 is 10.9. The van der Waals surface area contributed by atoms with Crippen LogP contribution in [0.15, 0.2) is 54.6 Å². The largest absolute Gasteiger partial charge is 0.496 e. The van der Waals surface area contributed by atoms with Gasteiger partial charge in [-0.15, -0.1) is 0 Å². The summed E-state index contributed by atoms with van der Waals surface area (Å²) in [5.74, 6) is 0.458. The molecule has 0 aliphatic carbocycles. The van der Waals surface area contributed by atoms with Gasteiger partial charge in [0, 0.05) is 17.5 Å². The van der Waals surface area contributed by atoms with Crippen molar-refractivity contribution >= 4 is 17.6 Å². The highest BCUT2D eigenvalue weighted by atomic mass is 35.5. The zero-order valence-electron chi connectivity index (χ0n) is 15.4. The van der Waals surface area contributed by atoms with Crippen LogP contribution in [0, 0.1) is 0 Å². The van der Waals surface area contributed by atoms with Crippen LogP contribution in [0.4, 0.5) is 0 Å². The molecular weight excluding hydrogens is 376 g/mol. The number of halogens is 1. The lowest BCUT2D eigenvalue weighted by molar-refractivity contribution is -0.136. The Labute approximate surface area is 168 Å². The minimum atomic E-state index is -0.954. The van der Waals surface area contributed by atoms with Crippen molar-refractivity contribution in [2.75, 3.05) is 13.7 Å². The molecule has 0 amide bonds. The Kier molecular flexibility index (Phi) is 4.97. The van der Waals surface area contributed by atoms with Crippen molar-refractivity contribution in [3.63, 3.8) is 0 Å². The van der Waals surface area contributed by atoms with E-state index < -0.39 is 5.97 Å². The minimum absolute atomic E-state index is 0.200. The van der Waals surface area contributed by atoms with Crippen molar-refractivity contribution in [3.05, 3.63) is 70.7 Å². The summed E-state index contributed by atoms with van der Waals surface area (Å²) in [7, 11) is 1.51. The molecule has 0 bridgehead atoms. The van der Waals surface area contributed by atoms with Crippen molar-refractivity contribution in [1.82, 2.24) is 0 Å². The van der Waals surface area contributed by atoms with Gasteiger partial charge in [-0.25, -0.2) is 0 Å². The first-order chi connectivity index (χ1) is 13.6. The predicted molar refractivity (Wildman–Crippen MR) is 109 cm³/mol. The number of benzene rings is 3. The zero-order chi connectivity index (χ0) is 19.7. The first kappa shape index (κ1) is 18.4. The smallest absolute Gasteiger partial charge is 0.308 e. The number of fused-ring (bicyclic) bond motifs is 1. The quantitative estimate of drug-likeness (QED) is 0.642. The number of methoxy groups -OCH3 is 1. The molecule has 1 aliphatic heterocycles. The van der Waals surface area contributed by atoms with Crippen LogP contribution in [-0.2, 0) is 17.6 Å². The summed E-state index contributed by atoms with van der Waals surface area (Å²) >= 11 is 6.66. The average molecular weight is 395 g/mol. The number of carboxylic acids is 1. The highest BCUT2D eigenvalue weighted by Gasteiger charge is 2.19. The molecule has 0 spiro atoms. The normalized spacial score (nSPS) is 12.4. The molecule has 0 saturated carbocycles. The van der Waals surface area contributed by atoms with Gasteiger partial charge in [0.05, 0.1) is 25.2 Å². The summed E-state index contributed by atoms with van der Waals surface area (Å²) in [6.45, 7) is 0.712. The van der Waals surface area contributed by atoms with E-state index in [1.807, 2.05) is 42.5 Å². The molecule has 0 unspecified atom stereocenters. The molecule has 5 heteroatoms.